The average molecular weight is 166 g/mol. The molecular weight excluding hydrogens is 136 g/mol. The Kier molecular flexibility index (Phi) is 62.6. The van der Waals surface area contributed by atoms with Crippen molar-refractivity contribution in [2.45, 2.75) is 62.5 Å². The molecule has 0 saturated heterocycles. The maximum Gasteiger partial charge on any atom is 0.0566 e. The summed E-state index contributed by atoms with van der Waals surface area (Å²) in [5.41, 5.74) is 0. The van der Waals surface area contributed by atoms with Crippen molar-refractivity contribution < 1.29 is 4.74 Å². The summed E-state index contributed by atoms with van der Waals surface area (Å²) in [6.07, 6.45) is 2.75. The molecule has 1 heteroatoms. The van der Waals surface area contributed by atoms with Crippen molar-refractivity contribution in [2.75, 3.05) is 7.11 Å². The van der Waals surface area contributed by atoms with Crippen LogP contribution in [0.5, 0.6) is 0 Å². The molecule has 0 aliphatic rings. The average Bonchev–Trinajstić information content (AvgIpc) is 1.72. The maximum absolute atomic E-state index is 5.05. The highest BCUT2D eigenvalue weighted by atomic mass is 16.5. The largest absolute Gasteiger partial charge is 0.381 e. The number of methoxy groups -OCH3 is 1. The zero-order valence-electron chi connectivity index (χ0n) is 5.40. The van der Waals surface area contributed by atoms with Gasteiger partial charge in [-0.3, -0.25) is 0 Å². The molecular formula is C10H30O. The van der Waals surface area contributed by atoms with Crippen molar-refractivity contribution in [1.29, 1.82) is 0 Å². The van der Waals surface area contributed by atoms with Gasteiger partial charge in [0.1, 0.15) is 0 Å². The van der Waals surface area contributed by atoms with E-state index in [0.717, 1.165) is 12.8 Å². The number of hydrogen-bond acceptors (Lipinski definition) is 1. The first-order valence-corrected chi connectivity index (χ1v) is 2.87. The molecule has 0 bridgehead atoms. The highest BCUT2D eigenvalue weighted by Gasteiger charge is 1.96. The van der Waals surface area contributed by atoms with E-state index in [1.165, 1.54) is 0 Å². The van der Waals surface area contributed by atoms with Gasteiger partial charge in [-0.15, -0.1) is 0 Å². The SMILES string of the molecule is C.C.C.C.CCC(CC)OC. The van der Waals surface area contributed by atoms with E-state index in [9.17, 15) is 0 Å². The molecule has 0 fully saturated rings. The van der Waals surface area contributed by atoms with Gasteiger partial charge in [-0.25, -0.2) is 0 Å². The van der Waals surface area contributed by atoms with Gasteiger partial charge in [0.25, 0.3) is 0 Å². The highest BCUT2D eigenvalue weighted by molar-refractivity contribution is 4.47. The minimum absolute atomic E-state index is 0. The van der Waals surface area contributed by atoms with Crippen LogP contribution in [0.1, 0.15) is 56.4 Å². The van der Waals surface area contributed by atoms with Crippen LogP contribution in [-0.4, -0.2) is 13.2 Å². The molecule has 0 aliphatic carbocycles. The van der Waals surface area contributed by atoms with Crippen LogP contribution in [0.15, 0.2) is 0 Å². The lowest BCUT2D eigenvalue weighted by Crippen LogP contribution is -2.05. The van der Waals surface area contributed by atoms with Gasteiger partial charge in [0.15, 0.2) is 0 Å². The summed E-state index contributed by atoms with van der Waals surface area (Å²) in [6, 6.07) is 0. The van der Waals surface area contributed by atoms with E-state index in [1.54, 1.807) is 7.11 Å². The fraction of sp³-hybridized carbons (Fsp3) is 1.00. The first-order valence-electron chi connectivity index (χ1n) is 2.87. The van der Waals surface area contributed by atoms with Crippen LogP contribution < -0.4 is 0 Å². The van der Waals surface area contributed by atoms with Crippen molar-refractivity contribution in [3.63, 3.8) is 0 Å². The minimum atomic E-state index is 0. The monoisotopic (exact) mass is 166 g/mol. The molecule has 76 valence electrons. The molecule has 0 aromatic heterocycles. The molecule has 0 amide bonds. The van der Waals surface area contributed by atoms with Crippen molar-refractivity contribution >= 4 is 0 Å². The summed E-state index contributed by atoms with van der Waals surface area (Å²) in [7, 11) is 1.76. The van der Waals surface area contributed by atoms with Crippen LogP contribution in [0.3, 0.4) is 0 Å². The summed E-state index contributed by atoms with van der Waals surface area (Å²) in [6.45, 7) is 4.27. The zero-order valence-corrected chi connectivity index (χ0v) is 5.40. The van der Waals surface area contributed by atoms with Crippen LogP contribution in [0.2, 0.25) is 0 Å². The lowest BCUT2D eigenvalue weighted by Gasteiger charge is -2.07. The van der Waals surface area contributed by atoms with Gasteiger partial charge in [0, 0.05) is 7.11 Å². The van der Waals surface area contributed by atoms with Gasteiger partial charge in [-0.1, -0.05) is 43.6 Å². The Labute approximate surface area is 75.2 Å². The second kappa shape index (κ2) is 22.5. The molecule has 0 spiro atoms. The fourth-order valence-electron chi connectivity index (χ4n) is 0.622. The van der Waals surface area contributed by atoms with E-state index < -0.39 is 0 Å². The Morgan fingerprint density at radius 3 is 1.18 bits per heavy atom. The Morgan fingerprint density at radius 1 is 0.909 bits per heavy atom. The van der Waals surface area contributed by atoms with E-state index in [1.807, 2.05) is 0 Å². The van der Waals surface area contributed by atoms with E-state index >= 15 is 0 Å². The number of hydrogen-bond donors (Lipinski definition) is 0. The standard InChI is InChI=1S/C6H14O.4CH4/c1-4-6(5-2)7-3;;;;/h6H,4-5H2,1-3H3;4*1H4. The summed E-state index contributed by atoms with van der Waals surface area (Å²) < 4.78 is 5.05. The predicted octanol–water partition coefficient (Wildman–Crippen LogP) is 4.37. The van der Waals surface area contributed by atoms with Crippen molar-refractivity contribution in [1.82, 2.24) is 0 Å². The van der Waals surface area contributed by atoms with Crippen LogP contribution in [0.4, 0.5) is 0 Å². The van der Waals surface area contributed by atoms with Crippen LogP contribution >= 0.6 is 0 Å². The second-order valence-electron chi connectivity index (χ2n) is 1.67. The summed E-state index contributed by atoms with van der Waals surface area (Å²) in [5.74, 6) is 0. The van der Waals surface area contributed by atoms with Crippen molar-refractivity contribution in [3.05, 3.63) is 0 Å². The summed E-state index contributed by atoms with van der Waals surface area (Å²) in [4.78, 5) is 0. The first kappa shape index (κ1) is 30.6. The normalized spacial score (nSPS) is 6.55. The molecule has 11 heavy (non-hydrogen) atoms. The fourth-order valence-corrected chi connectivity index (χ4v) is 0.622. The Hall–Kier alpha value is -0.0400. The Morgan fingerprint density at radius 2 is 1.18 bits per heavy atom. The molecule has 1 nitrogen and oxygen atoms in total. The molecule has 0 saturated carbocycles. The Balaban J connectivity index is -0.0000000300. The third-order valence-electron chi connectivity index (χ3n) is 1.24. The molecule has 0 rings (SSSR count). The summed E-state index contributed by atoms with van der Waals surface area (Å²) in [5, 5.41) is 0. The zero-order chi connectivity index (χ0) is 5.70. The smallest absolute Gasteiger partial charge is 0.0566 e. The highest BCUT2D eigenvalue weighted by Crippen LogP contribution is 1.98. The van der Waals surface area contributed by atoms with Gasteiger partial charge in [-0.05, 0) is 12.8 Å². The number of ether oxygens (including phenoxy) is 1. The van der Waals surface area contributed by atoms with Crippen molar-refractivity contribution in [2.24, 2.45) is 0 Å². The molecule has 0 radical (unpaired) electrons. The second-order valence-corrected chi connectivity index (χ2v) is 1.67. The topological polar surface area (TPSA) is 9.23 Å². The van der Waals surface area contributed by atoms with Crippen LogP contribution in [-0.2, 0) is 4.74 Å². The van der Waals surface area contributed by atoms with Gasteiger partial charge >= 0.3 is 0 Å². The lowest BCUT2D eigenvalue weighted by atomic mass is 10.2. The summed E-state index contributed by atoms with van der Waals surface area (Å²) >= 11 is 0. The van der Waals surface area contributed by atoms with Crippen LogP contribution in [0.25, 0.3) is 0 Å². The Bertz CT molecular complexity index is 26.3. The van der Waals surface area contributed by atoms with Crippen LogP contribution in [0, 0.1) is 0 Å². The molecule has 0 heterocycles. The predicted molar refractivity (Wildman–Crippen MR) is 58.3 cm³/mol. The van der Waals surface area contributed by atoms with Gasteiger partial charge in [0.2, 0.25) is 0 Å². The number of rotatable bonds is 3. The molecule has 0 atom stereocenters. The van der Waals surface area contributed by atoms with Gasteiger partial charge in [0.05, 0.1) is 6.10 Å². The molecule has 0 unspecified atom stereocenters. The van der Waals surface area contributed by atoms with Crippen molar-refractivity contribution in [3.8, 4) is 0 Å². The van der Waals surface area contributed by atoms with Gasteiger partial charge in [-0.2, -0.15) is 0 Å². The minimum Gasteiger partial charge on any atom is -0.381 e. The molecule has 0 aliphatic heterocycles. The maximum atomic E-state index is 5.05. The van der Waals surface area contributed by atoms with E-state index in [2.05, 4.69) is 13.8 Å². The third kappa shape index (κ3) is 17.8. The van der Waals surface area contributed by atoms with E-state index in [4.69, 9.17) is 4.74 Å². The van der Waals surface area contributed by atoms with E-state index in [0.29, 0.717) is 6.10 Å². The van der Waals surface area contributed by atoms with Gasteiger partial charge < -0.3 is 4.74 Å². The lowest BCUT2D eigenvalue weighted by molar-refractivity contribution is 0.0964. The third-order valence-corrected chi connectivity index (χ3v) is 1.24. The molecule has 0 aromatic carbocycles. The first-order chi connectivity index (χ1) is 3.35. The quantitative estimate of drug-likeness (QED) is 0.605. The molecule has 0 aromatic rings. The van der Waals surface area contributed by atoms with E-state index in [-0.39, 0.29) is 29.7 Å². The molecule has 0 N–H and O–H groups in total.